The first-order valence-electron chi connectivity index (χ1n) is 20.1. The molecule has 3 heterocycles. The molecule has 3 atom stereocenters. The molecule has 2 nitrogen and oxygen atoms in total. The van der Waals surface area contributed by atoms with Crippen LogP contribution in [0.5, 0.6) is 0 Å². The Labute approximate surface area is 344 Å². The third kappa shape index (κ3) is 5.29. The van der Waals surface area contributed by atoms with Crippen LogP contribution in [0.2, 0.25) is 0 Å². The van der Waals surface area contributed by atoms with Crippen molar-refractivity contribution < 1.29 is 4.42 Å². The number of nitrogens with zero attached hydrogens (tertiary/aromatic N) is 1. The molecule has 58 heavy (non-hydrogen) atoms. The maximum atomic E-state index is 7.06. The molecule has 0 aliphatic heterocycles. The number of benzene rings is 7. The van der Waals surface area contributed by atoms with Crippen molar-refractivity contribution in [2.24, 2.45) is 11.8 Å². The van der Waals surface area contributed by atoms with Crippen molar-refractivity contribution in [3.63, 3.8) is 0 Å². The normalized spacial score (nSPS) is 17.6. The van der Waals surface area contributed by atoms with Crippen molar-refractivity contribution in [1.29, 1.82) is 0 Å². The highest BCUT2D eigenvalue weighted by molar-refractivity contribution is 7.26. The Morgan fingerprint density at radius 3 is 2.05 bits per heavy atom. The number of para-hydroxylation sites is 1. The molecule has 3 aromatic heterocycles. The molecular weight excluding hydrogens is 743 g/mol. The third-order valence-electron chi connectivity index (χ3n) is 12.3. The Morgan fingerprint density at radius 1 is 0.552 bits per heavy atom. The van der Waals surface area contributed by atoms with Gasteiger partial charge in [0.1, 0.15) is 11.3 Å². The average Bonchev–Trinajstić information content (AvgIpc) is 3.99. The van der Waals surface area contributed by atoms with Crippen LogP contribution in [0.4, 0.5) is 11.4 Å². The van der Waals surface area contributed by atoms with E-state index in [1.54, 1.807) is 0 Å². The lowest BCUT2D eigenvalue weighted by Crippen LogP contribution is -2.34. The number of anilines is 2. The number of rotatable bonds is 6. The van der Waals surface area contributed by atoms with Crippen molar-refractivity contribution >= 4 is 91.4 Å². The minimum Gasteiger partial charge on any atom is -0.456 e. The van der Waals surface area contributed by atoms with Gasteiger partial charge in [0, 0.05) is 68.5 Å². The first-order valence-corrected chi connectivity index (χ1v) is 21.7. The number of fused-ring (bicyclic) bond motifs is 9. The summed E-state index contributed by atoms with van der Waals surface area (Å²) >= 11 is 3.78. The summed E-state index contributed by atoms with van der Waals surface area (Å²) in [5.41, 5.74) is 9.36. The van der Waals surface area contributed by atoms with Crippen molar-refractivity contribution in [2.45, 2.75) is 12.5 Å². The van der Waals surface area contributed by atoms with E-state index in [-0.39, 0.29) is 12.0 Å². The van der Waals surface area contributed by atoms with Crippen LogP contribution >= 0.6 is 22.7 Å². The zero-order valence-corrected chi connectivity index (χ0v) is 33.2. The standard InChI is InChI=1S/C54H37NOS2/c1-4-15-34(16-5-1)38-29-31-46-51(43-24-14-23-39(53(43)56-46)35-17-6-2-7-18-35)52(38)55(37-27-32-49-44(33-37)41-21-10-12-25-47(41)57-49)45-30-28-40(36-19-8-3-9-20-36)54-50(45)42-22-11-13-26-48(42)58-54/h1-15,17-34,38,52H,16H2. The van der Waals surface area contributed by atoms with Crippen LogP contribution in [0.15, 0.2) is 193 Å². The van der Waals surface area contributed by atoms with Gasteiger partial charge in [-0.2, -0.15) is 0 Å². The first-order chi connectivity index (χ1) is 28.8. The third-order valence-corrected chi connectivity index (χ3v) is 14.6. The number of furan rings is 1. The summed E-state index contributed by atoms with van der Waals surface area (Å²) in [5.74, 6) is 1.39. The van der Waals surface area contributed by atoms with E-state index in [2.05, 4.69) is 199 Å². The fraction of sp³-hybridized carbons (Fsp3) is 0.0741. The first kappa shape index (κ1) is 33.7. The summed E-state index contributed by atoms with van der Waals surface area (Å²) in [7, 11) is 0. The van der Waals surface area contributed by atoms with Crippen LogP contribution in [0.1, 0.15) is 23.8 Å². The minimum atomic E-state index is -0.0831. The molecule has 0 fully saturated rings. The number of allylic oxidation sites excluding steroid dienone is 4. The van der Waals surface area contributed by atoms with Crippen molar-refractivity contribution in [3.05, 3.63) is 199 Å². The Kier molecular flexibility index (Phi) is 7.89. The van der Waals surface area contributed by atoms with Gasteiger partial charge in [0.05, 0.1) is 11.7 Å². The van der Waals surface area contributed by atoms with Crippen molar-refractivity contribution in [2.75, 3.05) is 4.90 Å². The van der Waals surface area contributed by atoms with Gasteiger partial charge in [-0.25, -0.2) is 0 Å². The fourth-order valence-corrected chi connectivity index (χ4v) is 12.0. The van der Waals surface area contributed by atoms with E-state index in [9.17, 15) is 0 Å². The highest BCUT2D eigenvalue weighted by Gasteiger charge is 2.40. The smallest absolute Gasteiger partial charge is 0.142 e. The largest absolute Gasteiger partial charge is 0.456 e. The van der Waals surface area contributed by atoms with Gasteiger partial charge in [-0.05, 0) is 71.5 Å². The van der Waals surface area contributed by atoms with Crippen molar-refractivity contribution in [1.82, 2.24) is 0 Å². The summed E-state index contributed by atoms with van der Waals surface area (Å²) in [6, 6.07) is 57.9. The molecule has 3 unspecified atom stereocenters. The predicted octanol–water partition coefficient (Wildman–Crippen LogP) is 16.2. The molecular formula is C54H37NOS2. The van der Waals surface area contributed by atoms with Crippen LogP contribution in [-0.2, 0) is 0 Å². The van der Waals surface area contributed by atoms with E-state index in [0.717, 1.165) is 28.9 Å². The van der Waals surface area contributed by atoms with Crippen LogP contribution in [0, 0.1) is 11.8 Å². The second-order valence-electron chi connectivity index (χ2n) is 15.5. The second kappa shape index (κ2) is 13.6. The molecule has 276 valence electrons. The summed E-state index contributed by atoms with van der Waals surface area (Å²) in [6.07, 6.45) is 14.9. The van der Waals surface area contributed by atoms with Crippen LogP contribution in [0.3, 0.4) is 0 Å². The van der Waals surface area contributed by atoms with Gasteiger partial charge in [0.2, 0.25) is 0 Å². The van der Waals surface area contributed by atoms with Gasteiger partial charge in [-0.15, -0.1) is 22.7 Å². The summed E-state index contributed by atoms with van der Waals surface area (Å²) < 4.78 is 12.3. The van der Waals surface area contributed by atoms with Crippen LogP contribution < -0.4 is 4.90 Å². The number of thiophene rings is 2. The lowest BCUT2D eigenvalue weighted by molar-refractivity contribution is 0.392. The quantitative estimate of drug-likeness (QED) is 0.167. The molecule has 0 spiro atoms. The van der Waals surface area contributed by atoms with Gasteiger partial charge in [0.15, 0.2) is 0 Å². The van der Waals surface area contributed by atoms with Gasteiger partial charge in [-0.1, -0.05) is 152 Å². The Morgan fingerprint density at radius 2 is 1.26 bits per heavy atom. The molecule has 7 aromatic carbocycles. The fourth-order valence-electron chi connectivity index (χ4n) is 9.66. The van der Waals surface area contributed by atoms with Crippen LogP contribution in [0.25, 0.3) is 79.6 Å². The molecule has 0 radical (unpaired) electrons. The molecule has 0 amide bonds. The zero-order valence-electron chi connectivity index (χ0n) is 31.6. The topological polar surface area (TPSA) is 16.4 Å². The molecule has 4 heteroatoms. The van der Waals surface area contributed by atoms with Gasteiger partial charge in [-0.3, -0.25) is 0 Å². The SMILES string of the molecule is C1=CCC(C2C=Cc3oc4c(-c5ccccc5)cccc4c3C2N(c2ccc3sc4ccccc4c3c2)c2ccc(-c3ccccc3)c3sc4ccccc4c23)C=C1. The zero-order chi connectivity index (χ0) is 38.2. The van der Waals surface area contributed by atoms with E-state index >= 15 is 0 Å². The molecule has 0 saturated carbocycles. The van der Waals surface area contributed by atoms with E-state index in [1.807, 2.05) is 22.7 Å². The van der Waals surface area contributed by atoms with E-state index in [1.165, 1.54) is 73.8 Å². The minimum absolute atomic E-state index is 0.0831. The Bertz CT molecular complexity index is 3290. The summed E-state index contributed by atoms with van der Waals surface area (Å²) in [4.78, 5) is 2.70. The molecule has 2 aliphatic carbocycles. The van der Waals surface area contributed by atoms with Crippen molar-refractivity contribution in [3.8, 4) is 22.3 Å². The molecule has 0 N–H and O–H groups in total. The Balaban J connectivity index is 1.19. The maximum absolute atomic E-state index is 7.06. The van der Waals surface area contributed by atoms with Gasteiger partial charge < -0.3 is 9.32 Å². The van der Waals surface area contributed by atoms with Gasteiger partial charge in [0.25, 0.3) is 0 Å². The maximum Gasteiger partial charge on any atom is 0.142 e. The summed E-state index contributed by atoms with van der Waals surface area (Å²) in [6.45, 7) is 0. The highest BCUT2D eigenvalue weighted by Crippen LogP contribution is 2.55. The van der Waals surface area contributed by atoms with Crippen LogP contribution in [-0.4, -0.2) is 0 Å². The highest BCUT2D eigenvalue weighted by atomic mass is 32.1. The molecule has 0 bridgehead atoms. The molecule has 2 aliphatic rings. The monoisotopic (exact) mass is 779 g/mol. The van der Waals surface area contributed by atoms with E-state index in [0.29, 0.717) is 5.92 Å². The van der Waals surface area contributed by atoms with Gasteiger partial charge >= 0.3 is 0 Å². The number of hydrogen-bond donors (Lipinski definition) is 0. The van der Waals surface area contributed by atoms with E-state index < -0.39 is 0 Å². The number of hydrogen-bond acceptors (Lipinski definition) is 4. The second-order valence-corrected chi connectivity index (χ2v) is 17.6. The average molecular weight is 780 g/mol. The van der Waals surface area contributed by atoms with E-state index in [4.69, 9.17) is 4.42 Å². The summed E-state index contributed by atoms with van der Waals surface area (Å²) in [5, 5.41) is 6.35. The predicted molar refractivity (Wildman–Crippen MR) is 250 cm³/mol. The Hall–Kier alpha value is -6.46. The molecule has 10 aromatic rings. The lowest BCUT2D eigenvalue weighted by Gasteiger charge is -2.42. The lowest BCUT2D eigenvalue weighted by atomic mass is 9.75. The molecule has 12 rings (SSSR count). The molecule has 0 saturated heterocycles.